The average Bonchev–Trinajstić information content (AvgIpc) is 2.92. The van der Waals surface area contributed by atoms with Gasteiger partial charge in [-0.3, -0.25) is 9.78 Å². The van der Waals surface area contributed by atoms with Gasteiger partial charge in [0.05, 0.1) is 0 Å². The van der Waals surface area contributed by atoms with Gasteiger partial charge in [0, 0.05) is 25.0 Å². The quantitative estimate of drug-likeness (QED) is 0.798. The van der Waals surface area contributed by atoms with Gasteiger partial charge in [-0.15, -0.1) is 0 Å². The van der Waals surface area contributed by atoms with Crippen molar-refractivity contribution < 1.29 is 9.90 Å². The lowest BCUT2D eigenvalue weighted by Gasteiger charge is -2.28. The highest BCUT2D eigenvalue weighted by molar-refractivity contribution is 5.79. The van der Waals surface area contributed by atoms with Crippen LogP contribution in [0.5, 0.6) is 0 Å². The number of nitrogens with zero attached hydrogens (tertiary/aromatic N) is 2. The van der Waals surface area contributed by atoms with E-state index in [2.05, 4.69) is 22.2 Å². The van der Waals surface area contributed by atoms with Crippen molar-refractivity contribution in [2.45, 2.75) is 44.2 Å². The van der Waals surface area contributed by atoms with E-state index >= 15 is 0 Å². The maximum absolute atomic E-state index is 11.6. The van der Waals surface area contributed by atoms with Gasteiger partial charge in [-0.25, -0.2) is 0 Å². The fraction of sp³-hybridized carbons (Fsp3) is 0.625. The van der Waals surface area contributed by atoms with Gasteiger partial charge in [-0.2, -0.15) is 0 Å². The minimum absolute atomic E-state index is 0.335. The SMILES string of the molecule is CCNC1(C(=O)O)CCC(N(C)CCc2ccncc2)C1. The summed E-state index contributed by atoms with van der Waals surface area (Å²) in [5.74, 6) is -0.714. The van der Waals surface area contributed by atoms with Crippen LogP contribution in [-0.4, -0.2) is 52.7 Å². The van der Waals surface area contributed by atoms with Crippen LogP contribution in [0.15, 0.2) is 24.5 Å². The van der Waals surface area contributed by atoms with E-state index in [1.54, 1.807) is 0 Å². The van der Waals surface area contributed by atoms with Crippen molar-refractivity contribution in [1.82, 2.24) is 15.2 Å². The second-order valence-corrected chi connectivity index (χ2v) is 5.90. The molecule has 2 atom stereocenters. The van der Waals surface area contributed by atoms with Crippen molar-refractivity contribution in [3.8, 4) is 0 Å². The first-order valence-corrected chi connectivity index (χ1v) is 7.65. The van der Waals surface area contributed by atoms with E-state index in [4.69, 9.17) is 0 Å². The fourth-order valence-corrected chi connectivity index (χ4v) is 3.20. The molecule has 1 saturated carbocycles. The molecule has 21 heavy (non-hydrogen) atoms. The minimum Gasteiger partial charge on any atom is -0.480 e. The van der Waals surface area contributed by atoms with Gasteiger partial charge in [0.2, 0.25) is 0 Å². The van der Waals surface area contributed by atoms with Crippen molar-refractivity contribution >= 4 is 5.97 Å². The Morgan fingerprint density at radius 3 is 2.86 bits per heavy atom. The summed E-state index contributed by atoms with van der Waals surface area (Å²) >= 11 is 0. The van der Waals surface area contributed by atoms with Gasteiger partial charge in [0.15, 0.2) is 0 Å². The van der Waals surface area contributed by atoms with Crippen molar-refractivity contribution in [3.05, 3.63) is 30.1 Å². The summed E-state index contributed by atoms with van der Waals surface area (Å²) in [5, 5.41) is 12.7. The molecule has 0 aromatic carbocycles. The Morgan fingerprint density at radius 2 is 2.24 bits per heavy atom. The van der Waals surface area contributed by atoms with Crippen LogP contribution < -0.4 is 5.32 Å². The molecule has 2 unspecified atom stereocenters. The number of nitrogens with one attached hydrogen (secondary N) is 1. The van der Waals surface area contributed by atoms with Gasteiger partial charge in [0.25, 0.3) is 0 Å². The van der Waals surface area contributed by atoms with Crippen LogP contribution in [0.3, 0.4) is 0 Å². The molecule has 0 bridgehead atoms. The summed E-state index contributed by atoms with van der Waals surface area (Å²) in [7, 11) is 2.09. The Balaban J connectivity index is 1.89. The lowest BCUT2D eigenvalue weighted by molar-refractivity contribution is -0.144. The molecule has 0 radical (unpaired) electrons. The summed E-state index contributed by atoms with van der Waals surface area (Å²) < 4.78 is 0. The molecule has 116 valence electrons. The molecular weight excluding hydrogens is 266 g/mol. The normalized spacial score (nSPS) is 25.4. The van der Waals surface area contributed by atoms with E-state index in [0.29, 0.717) is 25.4 Å². The highest BCUT2D eigenvalue weighted by Crippen LogP contribution is 2.33. The molecule has 1 heterocycles. The topological polar surface area (TPSA) is 65.5 Å². The van der Waals surface area contributed by atoms with Crippen LogP contribution in [0.1, 0.15) is 31.7 Å². The van der Waals surface area contributed by atoms with Gasteiger partial charge in [-0.05, 0) is 57.0 Å². The van der Waals surface area contributed by atoms with Crippen LogP contribution in [0.2, 0.25) is 0 Å². The zero-order valence-electron chi connectivity index (χ0n) is 12.9. The predicted octanol–water partition coefficient (Wildman–Crippen LogP) is 1.54. The number of carboxylic acids is 1. The molecule has 1 aromatic heterocycles. The number of likely N-dealkylation sites (N-methyl/N-ethyl adjacent to an activating group) is 2. The summed E-state index contributed by atoms with van der Waals surface area (Å²) in [4.78, 5) is 17.9. The Labute approximate surface area is 126 Å². The molecule has 0 saturated heterocycles. The number of rotatable bonds is 7. The highest BCUT2D eigenvalue weighted by atomic mass is 16.4. The molecule has 2 N–H and O–H groups in total. The zero-order valence-corrected chi connectivity index (χ0v) is 12.9. The van der Waals surface area contributed by atoms with Crippen molar-refractivity contribution in [2.75, 3.05) is 20.1 Å². The van der Waals surface area contributed by atoms with Crippen molar-refractivity contribution in [2.24, 2.45) is 0 Å². The van der Waals surface area contributed by atoms with Gasteiger partial charge >= 0.3 is 5.97 Å². The number of aliphatic carboxylic acids is 1. The number of hydrogen-bond donors (Lipinski definition) is 2. The summed E-state index contributed by atoms with van der Waals surface area (Å²) in [6.07, 6.45) is 6.92. The molecule has 1 aliphatic rings. The third-order valence-corrected chi connectivity index (χ3v) is 4.54. The fourth-order valence-electron chi connectivity index (χ4n) is 3.20. The third kappa shape index (κ3) is 3.80. The molecule has 0 aliphatic heterocycles. The molecule has 0 amide bonds. The van der Waals surface area contributed by atoms with E-state index in [1.165, 1.54) is 5.56 Å². The lowest BCUT2D eigenvalue weighted by atomic mass is 9.97. The van der Waals surface area contributed by atoms with E-state index in [1.807, 2.05) is 31.5 Å². The van der Waals surface area contributed by atoms with Crippen LogP contribution >= 0.6 is 0 Å². The lowest BCUT2D eigenvalue weighted by Crippen LogP contribution is -2.51. The van der Waals surface area contributed by atoms with Crippen LogP contribution in [0, 0.1) is 0 Å². The highest BCUT2D eigenvalue weighted by Gasteiger charge is 2.45. The maximum atomic E-state index is 11.6. The molecule has 1 fully saturated rings. The standard InChI is InChI=1S/C16H25N3O2/c1-3-18-16(15(20)21)8-4-14(12-16)19(2)11-7-13-5-9-17-10-6-13/h5-6,9-10,14,18H,3-4,7-8,11-12H2,1-2H3,(H,20,21). The first-order valence-electron chi connectivity index (χ1n) is 7.65. The second-order valence-electron chi connectivity index (χ2n) is 5.90. The van der Waals surface area contributed by atoms with E-state index < -0.39 is 11.5 Å². The first-order chi connectivity index (χ1) is 10.1. The smallest absolute Gasteiger partial charge is 0.323 e. The average molecular weight is 291 g/mol. The molecule has 2 rings (SSSR count). The van der Waals surface area contributed by atoms with Gasteiger partial charge in [-0.1, -0.05) is 6.92 Å². The van der Waals surface area contributed by atoms with Crippen LogP contribution in [-0.2, 0) is 11.2 Å². The van der Waals surface area contributed by atoms with Gasteiger partial charge < -0.3 is 15.3 Å². The number of hydrogen-bond acceptors (Lipinski definition) is 4. The zero-order chi connectivity index (χ0) is 15.3. The van der Waals surface area contributed by atoms with Gasteiger partial charge in [0.1, 0.15) is 5.54 Å². The van der Waals surface area contributed by atoms with Crippen molar-refractivity contribution in [1.29, 1.82) is 0 Å². The molecule has 1 aliphatic carbocycles. The number of pyridine rings is 1. The second kappa shape index (κ2) is 7.00. The van der Waals surface area contributed by atoms with E-state index in [0.717, 1.165) is 19.4 Å². The van der Waals surface area contributed by atoms with E-state index in [-0.39, 0.29) is 0 Å². The Kier molecular flexibility index (Phi) is 5.31. The molecule has 1 aromatic rings. The number of aromatic nitrogens is 1. The summed E-state index contributed by atoms with van der Waals surface area (Å²) in [6, 6.07) is 4.40. The van der Waals surface area contributed by atoms with Crippen molar-refractivity contribution in [3.63, 3.8) is 0 Å². The monoisotopic (exact) mass is 291 g/mol. The maximum Gasteiger partial charge on any atom is 0.323 e. The van der Waals surface area contributed by atoms with E-state index in [9.17, 15) is 9.90 Å². The first kappa shape index (κ1) is 15.9. The summed E-state index contributed by atoms with van der Waals surface area (Å²) in [6.45, 7) is 3.60. The Bertz CT molecular complexity index is 466. The predicted molar refractivity (Wildman–Crippen MR) is 82.3 cm³/mol. The Hall–Kier alpha value is -1.46. The largest absolute Gasteiger partial charge is 0.480 e. The molecule has 5 heteroatoms. The Morgan fingerprint density at radius 1 is 1.52 bits per heavy atom. The van der Waals surface area contributed by atoms with Crippen LogP contribution in [0.25, 0.3) is 0 Å². The summed E-state index contributed by atoms with van der Waals surface area (Å²) in [5.41, 5.74) is 0.538. The molecule has 5 nitrogen and oxygen atoms in total. The third-order valence-electron chi connectivity index (χ3n) is 4.54. The molecule has 0 spiro atoms. The molecular formula is C16H25N3O2. The minimum atomic E-state index is -0.732. The number of carboxylic acid groups (broad SMARTS) is 1. The number of carbonyl (C=O) groups is 1. The van der Waals surface area contributed by atoms with Crippen LogP contribution in [0.4, 0.5) is 0 Å².